The van der Waals surface area contributed by atoms with E-state index in [1.54, 1.807) is 18.7 Å². The van der Waals surface area contributed by atoms with Crippen LogP contribution in [0.2, 0.25) is 0 Å². The molecule has 1 aliphatic heterocycles. The number of nitrogens with one attached hydrogen (secondary N) is 2. The first-order valence-corrected chi connectivity index (χ1v) is 11.9. The van der Waals surface area contributed by atoms with Crippen LogP contribution in [0.1, 0.15) is 51.5 Å². The highest BCUT2D eigenvalue weighted by atomic mass is 16.5. The zero-order valence-corrected chi connectivity index (χ0v) is 19.3. The Morgan fingerprint density at radius 1 is 1.24 bits per heavy atom. The number of carbonyl (C=O) groups is 3. The number of esters is 1. The molecule has 1 amide bonds. The molecule has 3 N–H and O–H groups in total. The number of ether oxygens (including phenoxy) is 1. The number of carboxylic acids is 1. The number of carbonyl (C=O) groups excluding carboxylic acids is 2. The molecule has 0 radical (unpaired) electrons. The van der Waals surface area contributed by atoms with E-state index in [2.05, 4.69) is 10.3 Å². The molecule has 1 aliphatic carbocycles. The van der Waals surface area contributed by atoms with Crippen LogP contribution in [0, 0.1) is 5.92 Å². The summed E-state index contributed by atoms with van der Waals surface area (Å²) in [5.41, 5.74) is 1.93. The molecule has 2 fully saturated rings. The van der Waals surface area contributed by atoms with E-state index < -0.39 is 30.1 Å². The van der Waals surface area contributed by atoms with Gasteiger partial charge in [0.1, 0.15) is 12.1 Å². The number of benzene rings is 1. The summed E-state index contributed by atoms with van der Waals surface area (Å²) in [5, 5.41) is 14.0. The number of amides is 1. The van der Waals surface area contributed by atoms with Crippen LogP contribution >= 0.6 is 0 Å². The average molecular weight is 456 g/mol. The topological polar surface area (TPSA) is 112 Å². The predicted molar refractivity (Wildman–Crippen MR) is 124 cm³/mol. The molecule has 1 saturated carbocycles. The number of carboxylic acid groups (broad SMARTS) is 1. The number of nitrogens with zero attached hydrogens (tertiary/aromatic N) is 1. The Balaban J connectivity index is 1.53. The van der Waals surface area contributed by atoms with Gasteiger partial charge in [0.2, 0.25) is 5.91 Å². The van der Waals surface area contributed by atoms with Gasteiger partial charge in [-0.25, -0.2) is 4.79 Å². The molecular formula is C25H33N3O5. The van der Waals surface area contributed by atoms with Crippen LogP contribution in [0.5, 0.6) is 0 Å². The summed E-state index contributed by atoms with van der Waals surface area (Å²) in [7, 11) is 0. The summed E-state index contributed by atoms with van der Waals surface area (Å²) in [6.07, 6.45) is 6.63. The Morgan fingerprint density at radius 3 is 2.76 bits per heavy atom. The van der Waals surface area contributed by atoms with E-state index in [9.17, 15) is 19.5 Å². The second kappa shape index (κ2) is 9.95. The number of rotatable bonds is 8. The standard InChI is InChI=1S/C25H33N3O5/c1-3-33-25(32)20(12-17-14-26-19-10-6-5-9-18(17)19)27-15(2)23(29)28-21-11-7-4-8-16(21)13-22(28)24(30)31/h5-6,9-10,14-16,20-22,26-27H,3-4,7-8,11-13H2,1-2H3,(H,30,31)/t15-,16?,20?,21?,22-/m0/s1. The second-order valence-electron chi connectivity index (χ2n) is 9.20. The third-order valence-electron chi connectivity index (χ3n) is 7.12. The van der Waals surface area contributed by atoms with Crippen LogP contribution in [-0.4, -0.2) is 63.6 Å². The molecule has 2 heterocycles. The van der Waals surface area contributed by atoms with Gasteiger partial charge in [-0.3, -0.25) is 14.9 Å². The third kappa shape index (κ3) is 4.76. The SMILES string of the molecule is CCOC(=O)C(Cc1c[nH]c2ccccc12)N[C@@H](C)C(=O)N1C2CCCCC2C[C@H]1C(=O)O. The highest BCUT2D eigenvalue weighted by Gasteiger charge is 2.48. The van der Waals surface area contributed by atoms with Crippen molar-refractivity contribution in [3.63, 3.8) is 0 Å². The molecule has 5 atom stereocenters. The zero-order valence-electron chi connectivity index (χ0n) is 19.3. The van der Waals surface area contributed by atoms with Crippen molar-refractivity contribution in [3.05, 3.63) is 36.0 Å². The quantitative estimate of drug-likeness (QED) is 0.528. The van der Waals surface area contributed by atoms with E-state index in [1.807, 2.05) is 30.5 Å². The van der Waals surface area contributed by atoms with Crippen LogP contribution in [0.15, 0.2) is 30.5 Å². The summed E-state index contributed by atoms with van der Waals surface area (Å²) in [6.45, 7) is 3.70. The fraction of sp³-hybridized carbons (Fsp3) is 0.560. The number of hydrogen-bond acceptors (Lipinski definition) is 5. The summed E-state index contributed by atoms with van der Waals surface area (Å²) < 4.78 is 5.29. The first kappa shape index (κ1) is 23.3. The molecule has 1 aromatic carbocycles. The van der Waals surface area contributed by atoms with Crippen molar-refractivity contribution in [2.24, 2.45) is 5.92 Å². The lowest BCUT2D eigenvalue weighted by molar-refractivity contribution is -0.151. The summed E-state index contributed by atoms with van der Waals surface area (Å²) in [4.78, 5) is 43.0. The van der Waals surface area contributed by atoms with E-state index in [0.29, 0.717) is 12.8 Å². The minimum atomic E-state index is -0.953. The molecule has 2 aliphatic rings. The van der Waals surface area contributed by atoms with Gasteiger partial charge in [-0.15, -0.1) is 0 Å². The normalized spacial score (nSPS) is 24.3. The Morgan fingerprint density at radius 2 is 2.00 bits per heavy atom. The van der Waals surface area contributed by atoms with Gasteiger partial charge in [-0.2, -0.15) is 0 Å². The van der Waals surface area contributed by atoms with Crippen LogP contribution in [0.3, 0.4) is 0 Å². The summed E-state index contributed by atoms with van der Waals surface area (Å²) in [5.74, 6) is -1.40. The van der Waals surface area contributed by atoms with Crippen LogP contribution < -0.4 is 5.32 Å². The molecule has 4 rings (SSSR count). The van der Waals surface area contributed by atoms with Gasteiger partial charge in [0.25, 0.3) is 0 Å². The molecule has 0 spiro atoms. The molecule has 178 valence electrons. The minimum Gasteiger partial charge on any atom is -0.480 e. The average Bonchev–Trinajstić information content (AvgIpc) is 3.40. The Labute approximate surface area is 193 Å². The highest BCUT2D eigenvalue weighted by molar-refractivity contribution is 5.89. The Bertz CT molecular complexity index is 1020. The first-order valence-electron chi connectivity index (χ1n) is 11.9. The molecule has 3 unspecified atom stereocenters. The van der Waals surface area contributed by atoms with Crippen molar-refractivity contribution in [1.29, 1.82) is 0 Å². The summed E-state index contributed by atoms with van der Waals surface area (Å²) in [6, 6.07) is 5.57. The van der Waals surface area contributed by atoms with Crippen molar-refractivity contribution in [3.8, 4) is 0 Å². The number of aromatic amines is 1. The summed E-state index contributed by atoms with van der Waals surface area (Å²) >= 11 is 0. The number of aliphatic carboxylic acids is 1. The smallest absolute Gasteiger partial charge is 0.326 e. The number of H-pyrrole nitrogens is 1. The molecule has 1 aromatic heterocycles. The second-order valence-corrected chi connectivity index (χ2v) is 9.20. The van der Waals surface area contributed by atoms with Gasteiger partial charge < -0.3 is 19.7 Å². The molecule has 33 heavy (non-hydrogen) atoms. The highest BCUT2D eigenvalue weighted by Crippen LogP contribution is 2.40. The number of hydrogen-bond donors (Lipinski definition) is 3. The van der Waals surface area contributed by atoms with Crippen molar-refractivity contribution in [2.75, 3.05) is 6.61 Å². The van der Waals surface area contributed by atoms with Crippen LogP contribution in [-0.2, 0) is 25.5 Å². The molecule has 0 bridgehead atoms. The molecule has 1 saturated heterocycles. The number of fused-ring (bicyclic) bond motifs is 2. The Kier molecular flexibility index (Phi) is 7.02. The maximum absolute atomic E-state index is 13.5. The fourth-order valence-corrected chi connectivity index (χ4v) is 5.57. The van der Waals surface area contributed by atoms with Gasteiger partial charge >= 0.3 is 11.9 Å². The lowest BCUT2D eigenvalue weighted by Crippen LogP contribution is -2.56. The van der Waals surface area contributed by atoms with E-state index in [1.165, 1.54) is 0 Å². The lowest BCUT2D eigenvalue weighted by Gasteiger charge is -2.35. The number of para-hydroxylation sites is 1. The van der Waals surface area contributed by atoms with Crippen LogP contribution in [0.4, 0.5) is 0 Å². The van der Waals surface area contributed by atoms with Gasteiger partial charge in [0.15, 0.2) is 0 Å². The van der Waals surface area contributed by atoms with Gasteiger partial charge in [-0.1, -0.05) is 31.0 Å². The lowest BCUT2D eigenvalue weighted by atomic mass is 9.84. The first-order chi connectivity index (χ1) is 15.9. The van der Waals surface area contributed by atoms with Gasteiger partial charge in [-0.05, 0) is 50.7 Å². The maximum Gasteiger partial charge on any atom is 0.326 e. The van der Waals surface area contributed by atoms with Gasteiger partial charge in [0.05, 0.1) is 12.6 Å². The van der Waals surface area contributed by atoms with Crippen molar-refractivity contribution >= 4 is 28.7 Å². The predicted octanol–water partition coefficient (Wildman–Crippen LogP) is 2.86. The number of aromatic nitrogens is 1. The largest absolute Gasteiger partial charge is 0.480 e. The monoisotopic (exact) mass is 455 g/mol. The zero-order chi connectivity index (χ0) is 23.5. The van der Waals surface area contributed by atoms with Crippen molar-refractivity contribution in [2.45, 2.75) is 76.5 Å². The van der Waals surface area contributed by atoms with E-state index >= 15 is 0 Å². The van der Waals surface area contributed by atoms with E-state index in [-0.39, 0.29) is 24.5 Å². The minimum absolute atomic E-state index is 0.0359. The Hall–Kier alpha value is -2.87. The van der Waals surface area contributed by atoms with E-state index in [0.717, 1.165) is 42.1 Å². The molecule has 8 heteroatoms. The van der Waals surface area contributed by atoms with Crippen LogP contribution in [0.25, 0.3) is 10.9 Å². The molecule has 2 aromatic rings. The van der Waals surface area contributed by atoms with E-state index in [4.69, 9.17) is 4.74 Å². The van der Waals surface area contributed by atoms with Crippen molar-refractivity contribution < 1.29 is 24.2 Å². The van der Waals surface area contributed by atoms with Gasteiger partial charge in [0, 0.05) is 29.6 Å². The maximum atomic E-state index is 13.5. The number of likely N-dealkylation sites (tertiary alicyclic amines) is 1. The van der Waals surface area contributed by atoms with Crippen molar-refractivity contribution in [1.82, 2.24) is 15.2 Å². The molecule has 8 nitrogen and oxygen atoms in total. The third-order valence-corrected chi connectivity index (χ3v) is 7.12. The molecular weight excluding hydrogens is 422 g/mol. The fourth-order valence-electron chi connectivity index (χ4n) is 5.57.